The summed E-state index contributed by atoms with van der Waals surface area (Å²) in [5.74, 6) is 1.15. The van der Waals surface area contributed by atoms with E-state index in [9.17, 15) is 4.79 Å². The van der Waals surface area contributed by atoms with Crippen molar-refractivity contribution in [3.05, 3.63) is 45.6 Å². The monoisotopic (exact) mass is 430 g/mol. The van der Waals surface area contributed by atoms with Gasteiger partial charge in [-0.1, -0.05) is 11.6 Å². The molecule has 0 bridgehead atoms. The van der Waals surface area contributed by atoms with Crippen LogP contribution in [0.2, 0.25) is 5.02 Å². The topological polar surface area (TPSA) is 93.0 Å². The third kappa shape index (κ3) is 5.42. The van der Waals surface area contributed by atoms with Crippen LogP contribution in [-0.4, -0.2) is 35.8 Å². The van der Waals surface area contributed by atoms with E-state index >= 15 is 0 Å². The average Bonchev–Trinajstić information content (AvgIpc) is 2.77. The second-order valence-electron chi connectivity index (χ2n) is 8.71. The van der Waals surface area contributed by atoms with Gasteiger partial charge in [0.05, 0.1) is 5.02 Å². The molecule has 0 atom stereocenters. The maximum atomic E-state index is 12.3. The summed E-state index contributed by atoms with van der Waals surface area (Å²) in [6, 6.07) is 4.30. The molecule has 1 saturated heterocycles. The van der Waals surface area contributed by atoms with Crippen molar-refractivity contribution in [2.45, 2.75) is 51.0 Å². The second kappa shape index (κ2) is 9.94. The summed E-state index contributed by atoms with van der Waals surface area (Å²) in [5, 5.41) is 3.92. The van der Waals surface area contributed by atoms with Crippen LogP contribution in [0.5, 0.6) is 0 Å². The third-order valence-electron chi connectivity index (χ3n) is 6.44. The molecule has 30 heavy (non-hydrogen) atoms. The summed E-state index contributed by atoms with van der Waals surface area (Å²) in [6.45, 7) is 2.37. The molecule has 1 aliphatic carbocycles. The van der Waals surface area contributed by atoms with Gasteiger partial charge in [-0.15, -0.1) is 0 Å². The van der Waals surface area contributed by atoms with Crippen molar-refractivity contribution >= 4 is 17.3 Å². The number of halogens is 1. The first-order chi connectivity index (χ1) is 14.6. The predicted molar refractivity (Wildman–Crippen MR) is 121 cm³/mol. The maximum absolute atomic E-state index is 12.3. The number of H-pyrrole nitrogens is 1. The van der Waals surface area contributed by atoms with E-state index in [2.05, 4.69) is 21.4 Å². The molecule has 2 aliphatic rings. The smallest absolute Gasteiger partial charge is 0.271 e. The molecule has 0 aromatic carbocycles. The highest BCUT2D eigenvalue weighted by molar-refractivity contribution is 6.33. The Bertz CT molecular complexity index is 902. The number of anilines is 1. The van der Waals surface area contributed by atoms with Crippen molar-refractivity contribution in [2.75, 3.05) is 25.1 Å². The summed E-state index contributed by atoms with van der Waals surface area (Å²) in [4.78, 5) is 19.7. The number of aromatic nitrogens is 2. The van der Waals surface area contributed by atoms with Crippen LogP contribution in [0.3, 0.4) is 0 Å². The minimum atomic E-state index is -0.116. The standard InChI is InChI=1S/C23H31ClN4O2/c24-21-14-26-19(9-15-1-3-18(25)4-2-15)11-20(21)17-10-22(23(29)28-13-17)27-12-16-5-7-30-8-6-16/h10-11,13-16,18,27H,1-9,12,25H2,(H,28,29). The van der Waals surface area contributed by atoms with Crippen LogP contribution >= 0.6 is 11.6 Å². The number of nitrogens with one attached hydrogen (secondary N) is 2. The molecule has 4 rings (SSSR count). The Labute approximate surface area is 182 Å². The third-order valence-corrected chi connectivity index (χ3v) is 6.74. The van der Waals surface area contributed by atoms with E-state index < -0.39 is 0 Å². The van der Waals surface area contributed by atoms with Crippen molar-refractivity contribution in [1.82, 2.24) is 9.97 Å². The van der Waals surface area contributed by atoms with Crippen molar-refractivity contribution < 1.29 is 4.74 Å². The van der Waals surface area contributed by atoms with Crippen LogP contribution in [-0.2, 0) is 11.2 Å². The largest absolute Gasteiger partial charge is 0.381 e. The molecule has 2 aromatic heterocycles. The fourth-order valence-corrected chi connectivity index (χ4v) is 4.69. The number of rotatable bonds is 6. The first-order valence-corrected chi connectivity index (χ1v) is 11.4. The van der Waals surface area contributed by atoms with E-state index in [0.717, 1.165) is 81.5 Å². The van der Waals surface area contributed by atoms with Gasteiger partial charge in [-0.2, -0.15) is 0 Å². The predicted octanol–water partition coefficient (Wildman–Crippen LogP) is 3.99. The molecule has 0 spiro atoms. The summed E-state index contributed by atoms with van der Waals surface area (Å²) in [7, 11) is 0. The molecular weight excluding hydrogens is 400 g/mol. The number of nitrogens with zero attached hydrogens (tertiary/aromatic N) is 1. The minimum Gasteiger partial charge on any atom is -0.381 e. The SMILES string of the molecule is NC1CCC(Cc2cc(-c3c[nH]c(=O)c(NCC4CCOCC4)c3)c(Cl)cn2)CC1. The van der Waals surface area contributed by atoms with Gasteiger partial charge in [0.2, 0.25) is 0 Å². The van der Waals surface area contributed by atoms with Crippen molar-refractivity contribution in [3.8, 4) is 11.1 Å². The number of aromatic amines is 1. The molecule has 0 radical (unpaired) electrons. The minimum absolute atomic E-state index is 0.116. The summed E-state index contributed by atoms with van der Waals surface area (Å²) >= 11 is 6.48. The molecule has 7 heteroatoms. The molecule has 0 unspecified atom stereocenters. The quantitative estimate of drug-likeness (QED) is 0.644. The maximum Gasteiger partial charge on any atom is 0.271 e. The zero-order chi connectivity index (χ0) is 20.9. The first-order valence-electron chi connectivity index (χ1n) is 11.0. The molecule has 3 heterocycles. The molecule has 0 amide bonds. The summed E-state index contributed by atoms with van der Waals surface area (Å²) in [5.41, 5.74) is 9.33. The van der Waals surface area contributed by atoms with Gasteiger partial charge in [0, 0.05) is 55.0 Å². The van der Waals surface area contributed by atoms with Gasteiger partial charge in [0.1, 0.15) is 5.69 Å². The van der Waals surface area contributed by atoms with E-state index in [1.165, 1.54) is 0 Å². The van der Waals surface area contributed by atoms with Crippen LogP contribution in [0.1, 0.15) is 44.2 Å². The highest BCUT2D eigenvalue weighted by Gasteiger charge is 2.20. The Morgan fingerprint density at radius 1 is 1.13 bits per heavy atom. The van der Waals surface area contributed by atoms with Gasteiger partial charge >= 0.3 is 0 Å². The number of nitrogens with two attached hydrogens (primary N) is 1. The number of hydrogen-bond donors (Lipinski definition) is 3. The first kappa shape index (κ1) is 21.3. The molecular formula is C23H31ClN4O2. The van der Waals surface area contributed by atoms with Crippen molar-refractivity contribution in [3.63, 3.8) is 0 Å². The lowest BCUT2D eigenvalue weighted by molar-refractivity contribution is 0.0699. The van der Waals surface area contributed by atoms with Gasteiger partial charge < -0.3 is 20.8 Å². The Balaban J connectivity index is 1.49. The average molecular weight is 431 g/mol. The van der Waals surface area contributed by atoms with Crippen LogP contribution in [0.15, 0.2) is 29.3 Å². The van der Waals surface area contributed by atoms with Crippen LogP contribution in [0, 0.1) is 11.8 Å². The lowest BCUT2D eigenvalue weighted by Gasteiger charge is -2.25. The molecule has 6 nitrogen and oxygen atoms in total. The second-order valence-corrected chi connectivity index (χ2v) is 9.12. The van der Waals surface area contributed by atoms with E-state index in [0.29, 0.717) is 28.6 Å². The lowest BCUT2D eigenvalue weighted by atomic mass is 9.83. The van der Waals surface area contributed by atoms with Gasteiger partial charge in [0.15, 0.2) is 0 Å². The highest BCUT2D eigenvalue weighted by atomic mass is 35.5. The number of hydrogen-bond acceptors (Lipinski definition) is 5. The Kier molecular flexibility index (Phi) is 7.08. The van der Waals surface area contributed by atoms with E-state index in [1.54, 1.807) is 12.4 Å². The van der Waals surface area contributed by atoms with Gasteiger partial charge in [-0.25, -0.2) is 0 Å². The van der Waals surface area contributed by atoms with Crippen LogP contribution in [0.4, 0.5) is 5.69 Å². The Morgan fingerprint density at radius 2 is 1.90 bits per heavy atom. The van der Waals surface area contributed by atoms with Crippen molar-refractivity contribution in [2.24, 2.45) is 17.6 Å². The summed E-state index contributed by atoms with van der Waals surface area (Å²) < 4.78 is 5.41. The Hall–Kier alpha value is -1.89. The number of pyridine rings is 2. The Morgan fingerprint density at radius 3 is 2.67 bits per heavy atom. The molecule has 1 aliphatic heterocycles. The highest BCUT2D eigenvalue weighted by Crippen LogP contribution is 2.31. The fraction of sp³-hybridized carbons (Fsp3) is 0.565. The molecule has 2 fully saturated rings. The van der Waals surface area contributed by atoms with E-state index in [4.69, 9.17) is 22.1 Å². The summed E-state index contributed by atoms with van der Waals surface area (Å²) in [6.07, 6.45) is 10.9. The fourth-order valence-electron chi connectivity index (χ4n) is 4.48. The van der Waals surface area contributed by atoms with Crippen LogP contribution < -0.4 is 16.6 Å². The zero-order valence-electron chi connectivity index (χ0n) is 17.3. The van der Waals surface area contributed by atoms with E-state index in [-0.39, 0.29) is 5.56 Å². The molecule has 4 N–H and O–H groups in total. The molecule has 1 saturated carbocycles. The van der Waals surface area contributed by atoms with E-state index in [1.807, 2.05) is 6.07 Å². The van der Waals surface area contributed by atoms with Gasteiger partial charge in [-0.3, -0.25) is 9.78 Å². The number of ether oxygens (including phenoxy) is 1. The molecule has 2 aromatic rings. The normalized spacial score (nSPS) is 22.7. The van der Waals surface area contributed by atoms with Gasteiger partial charge in [-0.05, 0) is 68.9 Å². The van der Waals surface area contributed by atoms with Crippen molar-refractivity contribution in [1.29, 1.82) is 0 Å². The van der Waals surface area contributed by atoms with Crippen LogP contribution in [0.25, 0.3) is 11.1 Å². The van der Waals surface area contributed by atoms with Gasteiger partial charge in [0.25, 0.3) is 5.56 Å². The zero-order valence-corrected chi connectivity index (χ0v) is 18.1. The molecule has 162 valence electrons. The lowest BCUT2D eigenvalue weighted by Crippen LogP contribution is -2.27.